The predicted octanol–water partition coefficient (Wildman–Crippen LogP) is 3.77. The van der Waals surface area contributed by atoms with Crippen LogP contribution in [0, 0.1) is 0 Å². The maximum Gasteiger partial charge on any atom is 0.307 e. The van der Waals surface area contributed by atoms with Crippen molar-refractivity contribution in [3.05, 3.63) is 34.9 Å². The number of carbonyl (C=O) groups is 2. The Labute approximate surface area is 121 Å². The molecule has 1 rings (SSSR count). The second kappa shape index (κ2) is 8.02. The van der Waals surface area contributed by atoms with Crippen molar-refractivity contribution in [2.75, 3.05) is 0 Å². The van der Waals surface area contributed by atoms with Crippen molar-refractivity contribution >= 4 is 35.1 Å². The highest BCUT2D eigenvalue weighted by atomic mass is 35.5. The van der Waals surface area contributed by atoms with Crippen LogP contribution < -0.4 is 0 Å². The van der Waals surface area contributed by atoms with Gasteiger partial charge in [-0.25, -0.2) is 0 Å². The van der Waals surface area contributed by atoms with Crippen molar-refractivity contribution in [1.29, 1.82) is 0 Å². The largest absolute Gasteiger partial charge is 0.481 e. The normalized spacial score (nSPS) is 11.9. The lowest BCUT2D eigenvalue weighted by molar-refractivity contribution is -0.146. The zero-order valence-corrected chi connectivity index (χ0v) is 11.7. The van der Waals surface area contributed by atoms with Gasteiger partial charge in [0.15, 0.2) is 0 Å². The Balaban J connectivity index is 2.36. The molecule has 0 fully saturated rings. The number of aliphatic carboxylic acids is 1. The fourth-order valence-corrected chi connectivity index (χ4v) is 2.02. The minimum atomic E-state index is -0.930. The van der Waals surface area contributed by atoms with E-state index in [-0.39, 0.29) is 12.8 Å². The van der Waals surface area contributed by atoms with Crippen molar-refractivity contribution in [1.82, 2.24) is 0 Å². The molecular formula is C13H14Cl2O4. The molecule has 0 heterocycles. The van der Waals surface area contributed by atoms with Crippen LogP contribution >= 0.6 is 23.2 Å². The summed E-state index contributed by atoms with van der Waals surface area (Å²) in [5, 5.41) is 8.88. The highest BCUT2D eigenvalue weighted by molar-refractivity contribution is 6.32. The fraction of sp³-hybridized carbons (Fsp3) is 0.385. The van der Waals surface area contributed by atoms with Crippen molar-refractivity contribution < 1.29 is 19.4 Å². The smallest absolute Gasteiger partial charge is 0.307 e. The molecule has 1 atom stereocenters. The average Bonchev–Trinajstić information content (AvgIpc) is 2.35. The number of carboxylic acid groups (broad SMARTS) is 1. The average molecular weight is 305 g/mol. The molecule has 6 heteroatoms. The van der Waals surface area contributed by atoms with Crippen LogP contribution in [0.3, 0.4) is 0 Å². The zero-order chi connectivity index (χ0) is 14.3. The van der Waals surface area contributed by atoms with Crippen LogP contribution in [0.1, 0.15) is 36.8 Å². The number of esters is 1. The summed E-state index contributed by atoms with van der Waals surface area (Å²) in [5.41, 5.74) is -0.398. The SMILES string of the molecule is O=C(O)CCCCC(=O)OC(Cl)c1ccccc1Cl. The number of halogens is 2. The van der Waals surface area contributed by atoms with E-state index in [1.807, 2.05) is 0 Å². The molecule has 0 aliphatic heterocycles. The van der Waals surface area contributed by atoms with Gasteiger partial charge in [-0.15, -0.1) is 0 Å². The Hall–Kier alpha value is -1.26. The highest BCUT2D eigenvalue weighted by Crippen LogP contribution is 2.28. The molecule has 1 aromatic rings. The van der Waals surface area contributed by atoms with Crippen LogP contribution in [0.15, 0.2) is 24.3 Å². The van der Waals surface area contributed by atoms with Gasteiger partial charge in [0.2, 0.25) is 5.56 Å². The first kappa shape index (κ1) is 15.8. The highest BCUT2D eigenvalue weighted by Gasteiger charge is 2.16. The van der Waals surface area contributed by atoms with Gasteiger partial charge in [0.05, 0.1) is 0 Å². The second-order valence-electron chi connectivity index (χ2n) is 3.93. The minimum absolute atomic E-state index is 0.0437. The maximum atomic E-state index is 11.5. The number of hydrogen-bond donors (Lipinski definition) is 1. The molecule has 4 nitrogen and oxygen atoms in total. The summed E-state index contributed by atoms with van der Waals surface area (Å²) in [6, 6.07) is 6.84. The summed E-state index contributed by atoms with van der Waals surface area (Å²) in [6.45, 7) is 0. The van der Waals surface area contributed by atoms with Crippen molar-refractivity contribution in [3.8, 4) is 0 Å². The first-order valence-electron chi connectivity index (χ1n) is 5.80. The van der Waals surface area contributed by atoms with Gasteiger partial charge >= 0.3 is 11.9 Å². The van der Waals surface area contributed by atoms with Gasteiger partial charge in [0.25, 0.3) is 0 Å². The summed E-state index contributed by atoms with van der Waals surface area (Å²) in [6.07, 6.45) is 1.07. The van der Waals surface area contributed by atoms with Gasteiger partial charge in [0.1, 0.15) is 0 Å². The molecule has 0 aliphatic carbocycles. The van der Waals surface area contributed by atoms with E-state index in [4.69, 9.17) is 33.0 Å². The van der Waals surface area contributed by atoms with Gasteiger partial charge in [-0.2, -0.15) is 0 Å². The predicted molar refractivity (Wildman–Crippen MR) is 72.2 cm³/mol. The number of hydrogen-bond acceptors (Lipinski definition) is 3. The number of alkyl halides is 1. The lowest BCUT2D eigenvalue weighted by Crippen LogP contribution is -2.07. The standard InChI is InChI=1S/C13H14Cl2O4/c14-10-6-2-1-5-9(10)13(15)19-12(18)8-4-3-7-11(16)17/h1-2,5-6,13H,3-4,7-8H2,(H,16,17). The molecule has 1 unspecified atom stereocenters. The molecule has 0 aliphatic rings. The summed E-state index contributed by atoms with van der Waals surface area (Å²) in [7, 11) is 0. The van der Waals surface area contributed by atoms with Crippen LogP contribution in [0.4, 0.5) is 0 Å². The molecule has 0 spiro atoms. The summed E-state index contributed by atoms with van der Waals surface area (Å²) >= 11 is 11.9. The van der Waals surface area contributed by atoms with Gasteiger partial charge < -0.3 is 9.84 Å². The molecule has 1 aromatic carbocycles. The zero-order valence-electron chi connectivity index (χ0n) is 10.1. The van der Waals surface area contributed by atoms with Crippen LogP contribution in [0.25, 0.3) is 0 Å². The van der Waals surface area contributed by atoms with Gasteiger partial charge in [0, 0.05) is 23.4 Å². The summed E-state index contributed by atoms with van der Waals surface area (Å²) < 4.78 is 5.02. The number of ether oxygens (including phenoxy) is 1. The molecule has 1 N–H and O–H groups in total. The lowest BCUT2D eigenvalue weighted by atomic mass is 10.2. The first-order chi connectivity index (χ1) is 9.00. The third kappa shape index (κ3) is 5.94. The van der Waals surface area contributed by atoms with Crippen LogP contribution in [0.2, 0.25) is 5.02 Å². The Morgan fingerprint density at radius 1 is 1.21 bits per heavy atom. The van der Waals surface area contributed by atoms with Crippen molar-refractivity contribution in [2.45, 2.75) is 31.2 Å². The molecule has 0 saturated heterocycles. The Kier molecular flexibility index (Phi) is 6.67. The Morgan fingerprint density at radius 3 is 2.47 bits per heavy atom. The molecular weight excluding hydrogens is 291 g/mol. The van der Waals surface area contributed by atoms with E-state index in [9.17, 15) is 9.59 Å². The van der Waals surface area contributed by atoms with Gasteiger partial charge in [-0.3, -0.25) is 9.59 Å². The molecule has 104 valence electrons. The summed E-state index contributed by atoms with van der Waals surface area (Å²) in [5.74, 6) is -1.34. The first-order valence-corrected chi connectivity index (χ1v) is 6.62. The molecule has 0 saturated carbocycles. The topological polar surface area (TPSA) is 63.6 Å². The molecule has 0 radical (unpaired) electrons. The van der Waals surface area contributed by atoms with E-state index in [1.54, 1.807) is 24.3 Å². The number of benzene rings is 1. The monoisotopic (exact) mass is 304 g/mol. The third-order valence-corrected chi connectivity index (χ3v) is 3.07. The van der Waals surface area contributed by atoms with Gasteiger partial charge in [-0.05, 0) is 18.9 Å². The number of carboxylic acids is 1. The van der Waals surface area contributed by atoms with Crippen LogP contribution in [0.5, 0.6) is 0 Å². The van der Waals surface area contributed by atoms with Gasteiger partial charge in [-0.1, -0.05) is 41.4 Å². The molecule has 19 heavy (non-hydrogen) atoms. The lowest BCUT2D eigenvalue weighted by Gasteiger charge is -2.12. The van der Waals surface area contributed by atoms with Crippen LogP contribution in [-0.4, -0.2) is 17.0 Å². The van der Waals surface area contributed by atoms with Crippen molar-refractivity contribution in [3.63, 3.8) is 0 Å². The molecule has 0 amide bonds. The second-order valence-corrected chi connectivity index (χ2v) is 4.73. The fourth-order valence-electron chi connectivity index (χ4n) is 1.44. The number of carbonyl (C=O) groups excluding carboxylic acids is 1. The van der Waals surface area contributed by atoms with Crippen LogP contribution in [-0.2, 0) is 14.3 Å². The third-order valence-electron chi connectivity index (χ3n) is 2.41. The van der Waals surface area contributed by atoms with Crippen molar-refractivity contribution in [2.24, 2.45) is 0 Å². The number of rotatable bonds is 7. The maximum absolute atomic E-state index is 11.5. The quantitative estimate of drug-likeness (QED) is 0.473. The minimum Gasteiger partial charge on any atom is -0.481 e. The molecule has 0 bridgehead atoms. The Bertz CT molecular complexity index is 448. The van der Waals surface area contributed by atoms with E-state index in [1.165, 1.54) is 0 Å². The Morgan fingerprint density at radius 2 is 1.84 bits per heavy atom. The summed E-state index contributed by atoms with van der Waals surface area (Å²) in [4.78, 5) is 21.8. The van der Waals surface area contributed by atoms with E-state index in [0.717, 1.165) is 0 Å². The molecule has 0 aromatic heterocycles. The number of unbranched alkanes of at least 4 members (excludes halogenated alkanes) is 1. The van der Waals surface area contributed by atoms with E-state index < -0.39 is 17.5 Å². The van der Waals surface area contributed by atoms with E-state index >= 15 is 0 Å². The van der Waals surface area contributed by atoms with E-state index in [2.05, 4.69) is 0 Å². The van der Waals surface area contributed by atoms with E-state index in [0.29, 0.717) is 23.4 Å².